The Morgan fingerprint density at radius 3 is 1.96 bits per heavy atom. The third-order valence-corrected chi connectivity index (χ3v) is 5.50. The first kappa shape index (κ1) is 19.9. The molecule has 136 valence electrons. The Balaban J connectivity index is 2.43. The zero-order valence-electron chi connectivity index (χ0n) is 15.4. The SMILES string of the molecule is CC(=O)C(C)=C=CC(NS(=O)(=O)c1ccc(C)cc1)c1ccc(C)cc1. The van der Waals surface area contributed by atoms with Gasteiger partial charge in [-0.15, -0.1) is 5.73 Å². The van der Waals surface area contributed by atoms with E-state index in [4.69, 9.17) is 0 Å². The highest BCUT2D eigenvalue weighted by Gasteiger charge is 2.19. The van der Waals surface area contributed by atoms with E-state index in [1.165, 1.54) is 6.92 Å². The third kappa shape index (κ3) is 5.27. The first-order chi connectivity index (χ1) is 12.2. The van der Waals surface area contributed by atoms with Crippen LogP contribution < -0.4 is 4.72 Å². The average Bonchev–Trinajstić information content (AvgIpc) is 2.59. The van der Waals surface area contributed by atoms with Gasteiger partial charge in [0.05, 0.1) is 10.9 Å². The lowest BCUT2D eigenvalue weighted by Crippen LogP contribution is -2.27. The molecule has 0 saturated heterocycles. The molecule has 0 aliphatic carbocycles. The summed E-state index contributed by atoms with van der Waals surface area (Å²) >= 11 is 0. The normalized spacial score (nSPS) is 12.2. The van der Waals surface area contributed by atoms with Crippen LogP contribution in [0.15, 0.2) is 70.8 Å². The summed E-state index contributed by atoms with van der Waals surface area (Å²) in [4.78, 5) is 11.6. The molecule has 0 fully saturated rings. The molecule has 0 bridgehead atoms. The molecule has 0 radical (unpaired) electrons. The summed E-state index contributed by atoms with van der Waals surface area (Å²) in [6.45, 7) is 6.97. The van der Waals surface area contributed by atoms with Crippen molar-refractivity contribution in [3.8, 4) is 0 Å². The molecule has 0 heterocycles. The summed E-state index contributed by atoms with van der Waals surface area (Å²) in [5, 5.41) is 0. The van der Waals surface area contributed by atoms with E-state index < -0.39 is 16.1 Å². The molecule has 1 atom stereocenters. The highest BCUT2D eigenvalue weighted by molar-refractivity contribution is 7.89. The van der Waals surface area contributed by atoms with E-state index in [1.807, 2.05) is 38.1 Å². The number of Topliss-reactive ketones (excluding diaryl/α,β-unsaturated/α-hetero) is 1. The number of nitrogens with one attached hydrogen (secondary N) is 1. The van der Waals surface area contributed by atoms with Crippen LogP contribution >= 0.6 is 0 Å². The van der Waals surface area contributed by atoms with Gasteiger partial charge in [0.25, 0.3) is 0 Å². The Morgan fingerprint density at radius 1 is 0.962 bits per heavy atom. The molecular formula is C21H23NO3S. The molecule has 0 aromatic heterocycles. The minimum absolute atomic E-state index is 0.106. The molecule has 2 aromatic rings. The van der Waals surface area contributed by atoms with Gasteiger partial charge in [0.2, 0.25) is 10.0 Å². The van der Waals surface area contributed by atoms with Gasteiger partial charge in [-0.1, -0.05) is 47.5 Å². The maximum atomic E-state index is 12.7. The number of hydrogen-bond acceptors (Lipinski definition) is 3. The third-order valence-electron chi connectivity index (χ3n) is 4.04. The van der Waals surface area contributed by atoms with Gasteiger partial charge >= 0.3 is 0 Å². The number of rotatable bonds is 6. The fraction of sp³-hybridized carbons (Fsp3) is 0.238. The van der Waals surface area contributed by atoms with Crippen molar-refractivity contribution in [1.82, 2.24) is 4.72 Å². The van der Waals surface area contributed by atoms with Crippen molar-refractivity contribution in [3.63, 3.8) is 0 Å². The first-order valence-electron chi connectivity index (χ1n) is 8.29. The van der Waals surface area contributed by atoms with E-state index >= 15 is 0 Å². The second kappa shape index (κ2) is 8.28. The average molecular weight is 369 g/mol. The number of carbonyl (C=O) groups excluding carboxylic acids is 1. The highest BCUT2D eigenvalue weighted by Crippen LogP contribution is 2.19. The topological polar surface area (TPSA) is 63.2 Å². The zero-order valence-corrected chi connectivity index (χ0v) is 16.2. The van der Waals surface area contributed by atoms with Gasteiger partial charge in [-0.3, -0.25) is 4.79 Å². The number of carbonyl (C=O) groups is 1. The van der Waals surface area contributed by atoms with Gasteiger partial charge in [-0.05, 0) is 51.5 Å². The number of aryl methyl sites for hydroxylation is 2. The molecule has 0 amide bonds. The molecular weight excluding hydrogens is 346 g/mol. The van der Waals surface area contributed by atoms with Crippen LogP contribution in [0.4, 0.5) is 0 Å². The standard InChI is InChI=1S/C21H23NO3S/c1-15-5-10-19(11-6-15)21(14-9-17(3)18(4)23)22-26(24,25)20-12-7-16(2)8-13-20/h5-8,10-14,21-22H,1-4H3. The Bertz CT molecular complexity index is 949. The second-order valence-corrected chi connectivity index (χ2v) is 8.03. The van der Waals surface area contributed by atoms with Gasteiger partial charge in [0.15, 0.2) is 5.78 Å². The minimum atomic E-state index is -3.72. The van der Waals surface area contributed by atoms with Gasteiger partial charge in [-0.2, -0.15) is 4.72 Å². The second-order valence-electron chi connectivity index (χ2n) is 6.31. The summed E-state index contributed by atoms with van der Waals surface area (Å²) in [5.74, 6) is -0.106. The van der Waals surface area contributed by atoms with Gasteiger partial charge in [0.1, 0.15) is 0 Å². The maximum absolute atomic E-state index is 12.7. The lowest BCUT2D eigenvalue weighted by molar-refractivity contribution is -0.113. The largest absolute Gasteiger partial charge is 0.294 e. The summed E-state index contributed by atoms with van der Waals surface area (Å²) in [6.07, 6.45) is 1.58. The summed E-state index contributed by atoms with van der Waals surface area (Å²) in [7, 11) is -3.72. The summed E-state index contributed by atoms with van der Waals surface area (Å²) in [5.41, 5.74) is 6.17. The molecule has 0 saturated carbocycles. The Labute approximate surface area is 155 Å². The molecule has 5 heteroatoms. The van der Waals surface area contributed by atoms with Crippen molar-refractivity contribution in [2.75, 3.05) is 0 Å². The number of sulfonamides is 1. The van der Waals surface area contributed by atoms with Crippen molar-refractivity contribution in [1.29, 1.82) is 0 Å². The van der Waals surface area contributed by atoms with E-state index in [9.17, 15) is 13.2 Å². The van der Waals surface area contributed by atoms with Crippen LogP contribution in [-0.2, 0) is 14.8 Å². The predicted octanol–water partition coefficient (Wildman–Crippen LogP) is 4.01. The molecule has 26 heavy (non-hydrogen) atoms. The Kier molecular flexibility index (Phi) is 6.32. The number of hydrogen-bond donors (Lipinski definition) is 1. The van der Waals surface area contributed by atoms with Crippen LogP contribution in [0.25, 0.3) is 0 Å². The van der Waals surface area contributed by atoms with Crippen LogP contribution in [0.2, 0.25) is 0 Å². The molecule has 4 nitrogen and oxygen atoms in total. The van der Waals surface area contributed by atoms with E-state index in [2.05, 4.69) is 10.5 Å². The van der Waals surface area contributed by atoms with Gasteiger partial charge < -0.3 is 0 Å². The van der Waals surface area contributed by atoms with Crippen LogP contribution in [0.1, 0.15) is 36.6 Å². The van der Waals surface area contributed by atoms with Crippen LogP contribution in [0.5, 0.6) is 0 Å². The van der Waals surface area contributed by atoms with E-state index in [1.54, 1.807) is 37.3 Å². The molecule has 0 aliphatic rings. The number of benzene rings is 2. The fourth-order valence-corrected chi connectivity index (χ4v) is 3.40. The lowest BCUT2D eigenvalue weighted by Gasteiger charge is -2.16. The van der Waals surface area contributed by atoms with Crippen LogP contribution in [0, 0.1) is 13.8 Å². The summed E-state index contributed by atoms with van der Waals surface area (Å²) < 4.78 is 28.2. The van der Waals surface area contributed by atoms with Gasteiger partial charge in [0, 0.05) is 5.57 Å². The fourth-order valence-electron chi connectivity index (χ4n) is 2.23. The highest BCUT2D eigenvalue weighted by atomic mass is 32.2. The minimum Gasteiger partial charge on any atom is -0.294 e. The molecule has 1 N–H and O–H groups in total. The Hall–Kier alpha value is -2.46. The Morgan fingerprint density at radius 2 is 1.46 bits per heavy atom. The first-order valence-corrected chi connectivity index (χ1v) is 9.77. The zero-order chi connectivity index (χ0) is 19.3. The van der Waals surface area contributed by atoms with Gasteiger partial charge in [-0.25, -0.2) is 8.42 Å². The van der Waals surface area contributed by atoms with E-state index in [0.29, 0.717) is 5.57 Å². The molecule has 2 rings (SSSR count). The van der Waals surface area contributed by atoms with Crippen molar-refractivity contribution in [2.45, 2.75) is 38.6 Å². The lowest BCUT2D eigenvalue weighted by atomic mass is 10.1. The summed E-state index contributed by atoms with van der Waals surface area (Å²) in [6, 6.07) is 13.6. The molecule has 0 spiro atoms. The molecule has 0 aliphatic heterocycles. The predicted molar refractivity (Wildman–Crippen MR) is 103 cm³/mol. The van der Waals surface area contributed by atoms with Crippen LogP contribution in [-0.4, -0.2) is 14.2 Å². The van der Waals surface area contributed by atoms with Crippen molar-refractivity contribution in [2.24, 2.45) is 0 Å². The van der Waals surface area contributed by atoms with Crippen molar-refractivity contribution >= 4 is 15.8 Å². The number of ketones is 1. The maximum Gasteiger partial charge on any atom is 0.241 e. The quantitative estimate of drug-likeness (QED) is 0.618. The van der Waals surface area contributed by atoms with Crippen LogP contribution in [0.3, 0.4) is 0 Å². The van der Waals surface area contributed by atoms with Crippen molar-refractivity contribution in [3.05, 3.63) is 82.6 Å². The van der Waals surface area contributed by atoms with E-state index in [-0.39, 0.29) is 10.7 Å². The molecule has 1 unspecified atom stereocenters. The van der Waals surface area contributed by atoms with Crippen molar-refractivity contribution < 1.29 is 13.2 Å². The monoisotopic (exact) mass is 369 g/mol. The smallest absolute Gasteiger partial charge is 0.241 e. The van der Waals surface area contributed by atoms with E-state index in [0.717, 1.165) is 16.7 Å². The molecule has 2 aromatic carbocycles.